The molecule has 0 fully saturated rings. The second-order valence-corrected chi connectivity index (χ2v) is 6.40. The first kappa shape index (κ1) is 28.0. The number of carbonyl (C=O) groups is 4. The van der Waals surface area contributed by atoms with Crippen molar-refractivity contribution >= 4 is 23.9 Å². The summed E-state index contributed by atoms with van der Waals surface area (Å²) in [5.74, 6) is -4.02. The number of unbranched alkanes of at least 4 members (excludes halogenated alkanes) is 6. The molecule has 2 unspecified atom stereocenters. The van der Waals surface area contributed by atoms with Gasteiger partial charge >= 0.3 is 23.9 Å². The van der Waals surface area contributed by atoms with Crippen LogP contribution in [0.15, 0.2) is 0 Å². The second kappa shape index (κ2) is 18.2. The van der Waals surface area contributed by atoms with Crippen molar-refractivity contribution in [2.45, 2.75) is 89.3 Å². The Bertz CT molecular complexity index is 421. The van der Waals surface area contributed by atoms with Crippen molar-refractivity contribution in [2.24, 2.45) is 0 Å². The Labute approximate surface area is 163 Å². The van der Waals surface area contributed by atoms with Crippen LogP contribution >= 0.6 is 0 Å². The fraction of sp³-hybridized carbons (Fsp3) is 0.778. The summed E-state index contributed by atoms with van der Waals surface area (Å²) < 4.78 is 0. The molecule has 0 saturated carbocycles. The summed E-state index contributed by atoms with van der Waals surface area (Å²) in [7, 11) is 0. The number of aliphatic carboxylic acids is 4. The molecule has 28 heavy (non-hydrogen) atoms. The SMILES string of the molecule is O=C(O)CCCCCCC(O)C(=O)O.O=C(O)CCCCCCC(O)C(=O)O. The maximum atomic E-state index is 10.2. The third kappa shape index (κ3) is 21.8. The van der Waals surface area contributed by atoms with Gasteiger partial charge in [0.1, 0.15) is 0 Å². The largest absolute Gasteiger partial charge is 0.481 e. The highest BCUT2D eigenvalue weighted by Crippen LogP contribution is 2.08. The van der Waals surface area contributed by atoms with Gasteiger partial charge in [-0.25, -0.2) is 9.59 Å². The summed E-state index contributed by atoms with van der Waals surface area (Å²) >= 11 is 0. The lowest BCUT2D eigenvalue weighted by atomic mass is 10.1. The quantitative estimate of drug-likeness (QED) is 0.205. The third-order valence-corrected chi connectivity index (χ3v) is 3.81. The Kier molecular flexibility index (Phi) is 18.2. The van der Waals surface area contributed by atoms with E-state index in [1.165, 1.54) is 0 Å². The summed E-state index contributed by atoms with van der Waals surface area (Å²) in [6.07, 6.45) is 3.72. The smallest absolute Gasteiger partial charge is 0.332 e. The number of hydrogen-bond acceptors (Lipinski definition) is 6. The molecule has 6 N–H and O–H groups in total. The maximum absolute atomic E-state index is 10.2. The van der Waals surface area contributed by atoms with E-state index < -0.39 is 36.1 Å². The molecule has 0 aliphatic heterocycles. The topological polar surface area (TPSA) is 190 Å². The number of rotatable bonds is 16. The van der Waals surface area contributed by atoms with Gasteiger partial charge in [-0.2, -0.15) is 0 Å². The molecule has 0 aliphatic carbocycles. The van der Waals surface area contributed by atoms with E-state index >= 15 is 0 Å². The molecular formula is C18H32O10. The molecule has 0 rings (SSSR count). The minimum absolute atomic E-state index is 0.154. The van der Waals surface area contributed by atoms with Crippen molar-refractivity contribution in [3.05, 3.63) is 0 Å². The molecule has 2 atom stereocenters. The van der Waals surface area contributed by atoms with Crippen LogP contribution in [0.4, 0.5) is 0 Å². The fourth-order valence-corrected chi connectivity index (χ4v) is 2.18. The molecule has 0 saturated heterocycles. The van der Waals surface area contributed by atoms with E-state index in [1.807, 2.05) is 0 Å². The summed E-state index contributed by atoms with van der Waals surface area (Å²) in [6.45, 7) is 0. The molecule has 0 aliphatic rings. The van der Waals surface area contributed by atoms with E-state index in [0.29, 0.717) is 25.7 Å². The van der Waals surface area contributed by atoms with Gasteiger partial charge in [0.15, 0.2) is 12.2 Å². The van der Waals surface area contributed by atoms with Gasteiger partial charge in [0.25, 0.3) is 0 Å². The molecule has 0 bridgehead atoms. The molecule has 0 radical (unpaired) electrons. The van der Waals surface area contributed by atoms with Crippen LogP contribution in [0.2, 0.25) is 0 Å². The normalized spacial score (nSPS) is 12.4. The molecule has 0 amide bonds. The van der Waals surface area contributed by atoms with Crippen LogP contribution in [0.5, 0.6) is 0 Å². The number of carboxylic acids is 4. The van der Waals surface area contributed by atoms with Gasteiger partial charge in [0.2, 0.25) is 0 Å². The Morgan fingerprint density at radius 3 is 1.04 bits per heavy atom. The predicted molar refractivity (Wildman–Crippen MR) is 98.0 cm³/mol. The van der Waals surface area contributed by atoms with Crippen molar-refractivity contribution in [3.63, 3.8) is 0 Å². The molecule has 10 nitrogen and oxygen atoms in total. The van der Waals surface area contributed by atoms with Crippen molar-refractivity contribution in [2.75, 3.05) is 0 Å². The van der Waals surface area contributed by atoms with E-state index in [0.717, 1.165) is 25.7 Å². The van der Waals surface area contributed by atoms with E-state index in [2.05, 4.69) is 0 Å². The van der Waals surface area contributed by atoms with Crippen molar-refractivity contribution in [1.29, 1.82) is 0 Å². The zero-order valence-electron chi connectivity index (χ0n) is 16.0. The van der Waals surface area contributed by atoms with Crippen LogP contribution in [0.1, 0.15) is 77.0 Å². The van der Waals surface area contributed by atoms with Gasteiger partial charge in [0.05, 0.1) is 0 Å². The van der Waals surface area contributed by atoms with Crippen molar-refractivity contribution < 1.29 is 49.8 Å². The molecular weight excluding hydrogens is 376 g/mol. The fourth-order valence-electron chi connectivity index (χ4n) is 2.18. The number of aliphatic hydroxyl groups is 2. The Balaban J connectivity index is 0. The van der Waals surface area contributed by atoms with Gasteiger partial charge in [-0.05, 0) is 25.7 Å². The van der Waals surface area contributed by atoms with Crippen LogP contribution in [0.3, 0.4) is 0 Å². The lowest BCUT2D eigenvalue weighted by molar-refractivity contribution is -0.147. The monoisotopic (exact) mass is 408 g/mol. The molecule has 164 valence electrons. The second-order valence-electron chi connectivity index (χ2n) is 6.40. The first-order chi connectivity index (χ1) is 13.1. The van der Waals surface area contributed by atoms with Gasteiger partial charge < -0.3 is 30.6 Å². The van der Waals surface area contributed by atoms with Crippen molar-refractivity contribution in [1.82, 2.24) is 0 Å². The first-order valence-electron chi connectivity index (χ1n) is 9.33. The molecule has 0 aromatic heterocycles. The maximum Gasteiger partial charge on any atom is 0.332 e. The molecule has 0 aromatic rings. The van der Waals surface area contributed by atoms with Crippen LogP contribution in [0, 0.1) is 0 Å². The number of hydrogen-bond donors (Lipinski definition) is 6. The van der Waals surface area contributed by atoms with E-state index in [-0.39, 0.29) is 25.7 Å². The van der Waals surface area contributed by atoms with E-state index in [9.17, 15) is 19.2 Å². The predicted octanol–water partition coefficient (Wildman–Crippen LogP) is 1.71. The lowest BCUT2D eigenvalue weighted by Gasteiger charge is -2.04. The zero-order chi connectivity index (χ0) is 21.9. The zero-order valence-corrected chi connectivity index (χ0v) is 16.0. The minimum Gasteiger partial charge on any atom is -0.481 e. The van der Waals surface area contributed by atoms with Crippen LogP contribution in [-0.2, 0) is 19.2 Å². The Hall–Kier alpha value is -2.20. The van der Waals surface area contributed by atoms with Gasteiger partial charge in [-0.15, -0.1) is 0 Å². The third-order valence-electron chi connectivity index (χ3n) is 3.81. The van der Waals surface area contributed by atoms with Crippen LogP contribution in [0.25, 0.3) is 0 Å². The standard InChI is InChI=1S/2C9H16O5/c2*10-7(9(13)14)5-3-1-2-4-6-8(11)12/h2*7,10H,1-6H2,(H,11,12)(H,13,14). The Morgan fingerprint density at radius 2 is 0.786 bits per heavy atom. The lowest BCUT2D eigenvalue weighted by Crippen LogP contribution is -2.18. The highest BCUT2D eigenvalue weighted by Gasteiger charge is 2.12. The summed E-state index contributed by atoms with van der Waals surface area (Å²) in [6, 6.07) is 0. The van der Waals surface area contributed by atoms with E-state index in [1.54, 1.807) is 0 Å². The number of carboxylic acid groups (broad SMARTS) is 4. The van der Waals surface area contributed by atoms with Gasteiger partial charge in [-0.1, -0.05) is 38.5 Å². The van der Waals surface area contributed by atoms with Crippen molar-refractivity contribution in [3.8, 4) is 0 Å². The first-order valence-corrected chi connectivity index (χ1v) is 9.33. The summed E-state index contributed by atoms with van der Waals surface area (Å²) in [5, 5.41) is 51.0. The molecule has 0 heterocycles. The average Bonchev–Trinajstić information content (AvgIpc) is 2.60. The van der Waals surface area contributed by atoms with Gasteiger partial charge in [-0.3, -0.25) is 9.59 Å². The number of aliphatic hydroxyl groups excluding tert-OH is 2. The highest BCUT2D eigenvalue weighted by atomic mass is 16.4. The van der Waals surface area contributed by atoms with Crippen LogP contribution in [-0.4, -0.2) is 66.7 Å². The van der Waals surface area contributed by atoms with Crippen LogP contribution < -0.4 is 0 Å². The summed E-state index contributed by atoms with van der Waals surface area (Å²) in [5.41, 5.74) is 0. The van der Waals surface area contributed by atoms with Gasteiger partial charge in [0, 0.05) is 12.8 Å². The highest BCUT2D eigenvalue weighted by molar-refractivity contribution is 5.72. The van der Waals surface area contributed by atoms with E-state index in [4.69, 9.17) is 30.6 Å². The molecule has 0 spiro atoms. The Morgan fingerprint density at radius 1 is 0.500 bits per heavy atom. The summed E-state index contributed by atoms with van der Waals surface area (Å²) in [4.78, 5) is 40.6. The molecule has 10 heteroatoms. The molecule has 0 aromatic carbocycles. The minimum atomic E-state index is -1.28. The average molecular weight is 408 g/mol.